The highest BCUT2D eigenvalue weighted by molar-refractivity contribution is 7.72. The van der Waals surface area contributed by atoms with Gasteiger partial charge < -0.3 is 10.5 Å². The summed E-state index contributed by atoms with van der Waals surface area (Å²) in [4.78, 5) is 0.198. The van der Waals surface area contributed by atoms with E-state index in [1.807, 2.05) is 0 Å². The van der Waals surface area contributed by atoms with Crippen LogP contribution in [0.2, 0.25) is 0 Å². The van der Waals surface area contributed by atoms with E-state index in [9.17, 15) is 8.42 Å². The molecule has 0 heterocycles. The molecule has 0 fully saturated rings. The summed E-state index contributed by atoms with van der Waals surface area (Å²) in [7, 11) is -1.09. The predicted molar refractivity (Wildman–Crippen MR) is 46.0 cm³/mol. The molecule has 0 radical (unpaired) electrons. The van der Waals surface area contributed by atoms with E-state index in [-0.39, 0.29) is 4.90 Å². The van der Waals surface area contributed by atoms with Crippen LogP contribution >= 0.6 is 0 Å². The Morgan fingerprint density at radius 3 is 2.50 bits per heavy atom. The monoisotopic (exact) mass is 187 g/mol. The summed E-state index contributed by atoms with van der Waals surface area (Å²) in [6.07, 6.45) is 0. The molecule has 0 atom stereocenters. The molecule has 5 heteroatoms. The number of nitrogen functional groups attached to an aromatic ring is 1. The third kappa shape index (κ3) is 1.68. The Morgan fingerprint density at radius 1 is 1.42 bits per heavy atom. The second-order valence-corrected chi connectivity index (χ2v) is 3.21. The second-order valence-electron chi connectivity index (χ2n) is 2.18. The molecule has 0 unspecified atom stereocenters. The number of methoxy groups -OCH3 is 1. The van der Waals surface area contributed by atoms with Gasteiger partial charge in [-0.3, -0.25) is 0 Å². The lowest BCUT2D eigenvalue weighted by Crippen LogP contribution is -1.93. The molecule has 0 spiro atoms. The van der Waals surface area contributed by atoms with Gasteiger partial charge in [0.15, 0.2) is 10.7 Å². The molecule has 0 aromatic heterocycles. The second kappa shape index (κ2) is 3.44. The molecule has 0 amide bonds. The van der Waals surface area contributed by atoms with Crippen molar-refractivity contribution >= 4 is 16.4 Å². The molecule has 0 aliphatic rings. The maximum Gasteiger partial charge on any atom is 0.168 e. The largest absolute Gasteiger partial charge is 0.495 e. The van der Waals surface area contributed by atoms with Gasteiger partial charge in [0.1, 0.15) is 5.75 Å². The molecule has 1 aromatic carbocycles. The Morgan fingerprint density at radius 2 is 2.08 bits per heavy atom. The van der Waals surface area contributed by atoms with Crippen LogP contribution in [0.25, 0.3) is 0 Å². The fourth-order valence-corrected chi connectivity index (χ4v) is 1.28. The molecule has 1 aromatic rings. The zero-order valence-electron chi connectivity index (χ0n) is 6.48. The van der Waals surface area contributed by atoms with E-state index in [4.69, 9.17) is 10.5 Å². The molecule has 12 heavy (non-hydrogen) atoms. The zero-order chi connectivity index (χ0) is 9.14. The van der Waals surface area contributed by atoms with E-state index in [0.717, 1.165) is 0 Å². The summed E-state index contributed by atoms with van der Waals surface area (Å²) < 4.78 is 25.8. The Hall–Kier alpha value is -1.23. The van der Waals surface area contributed by atoms with Gasteiger partial charge in [-0.15, -0.1) is 0 Å². The molecule has 1 rings (SSSR count). The number of ether oxygens (including phenoxy) is 1. The standard InChI is InChI=1S/C7H9NO3S/c1-11-7-3-2-5(12(9)10)4-6(7)8/h2-4,12H,8H2,1H3. The van der Waals surface area contributed by atoms with Crippen LogP contribution < -0.4 is 10.5 Å². The number of anilines is 1. The highest BCUT2D eigenvalue weighted by Gasteiger charge is 2.00. The van der Waals surface area contributed by atoms with Gasteiger partial charge in [-0.2, -0.15) is 0 Å². The van der Waals surface area contributed by atoms with E-state index in [1.165, 1.54) is 25.3 Å². The van der Waals surface area contributed by atoms with Crippen LogP contribution in [0.15, 0.2) is 23.1 Å². The van der Waals surface area contributed by atoms with E-state index in [1.54, 1.807) is 0 Å². The lowest BCUT2D eigenvalue weighted by atomic mass is 10.3. The molecule has 0 aliphatic heterocycles. The first-order valence-corrected chi connectivity index (χ1v) is 4.41. The summed E-state index contributed by atoms with van der Waals surface area (Å²) in [5.41, 5.74) is 5.81. The van der Waals surface area contributed by atoms with Gasteiger partial charge in [0.05, 0.1) is 17.7 Å². The predicted octanol–water partition coefficient (Wildman–Crippen LogP) is 0.248. The quantitative estimate of drug-likeness (QED) is 0.514. The number of thiol groups is 1. The lowest BCUT2D eigenvalue weighted by molar-refractivity contribution is 0.416. The van der Waals surface area contributed by atoms with E-state index in [0.29, 0.717) is 11.4 Å². The Bertz CT molecular complexity index is 352. The van der Waals surface area contributed by atoms with Crippen molar-refractivity contribution < 1.29 is 13.2 Å². The van der Waals surface area contributed by atoms with Crippen molar-refractivity contribution in [1.82, 2.24) is 0 Å². The molecule has 66 valence electrons. The fourth-order valence-electron chi connectivity index (χ4n) is 0.835. The number of benzene rings is 1. The minimum atomic E-state index is -2.56. The topological polar surface area (TPSA) is 69.4 Å². The zero-order valence-corrected chi connectivity index (χ0v) is 7.38. The van der Waals surface area contributed by atoms with Gasteiger partial charge in [0, 0.05) is 0 Å². The Kier molecular flexibility index (Phi) is 2.54. The molecule has 4 nitrogen and oxygen atoms in total. The molecule has 0 saturated carbocycles. The minimum Gasteiger partial charge on any atom is -0.495 e. The fraction of sp³-hybridized carbons (Fsp3) is 0.143. The van der Waals surface area contributed by atoms with Gasteiger partial charge >= 0.3 is 0 Å². The van der Waals surface area contributed by atoms with Crippen LogP contribution in [0.4, 0.5) is 5.69 Å². The number of nitrogens with two attached hydrogens (primary N) is 1. The first-order chi connectivity index (χ1) is 5.65. The van der Waals surface area contributed by atoms with Crippen LogP contribution in [0.5, 0.6) is 5.75 Å². The maximum atomic E-state index is 10.5. The summed E-state index contributed by atoms with van der Waals surface area (Å²) in [6, 6.07) is 4.33. The number of hydrogen-bond donors (Lipinski definition) is 2. The third-order valence-electron chi connectivity index (χ3n) is 1.42. The molecule has 0 aliphatic carbocycles. The number of rotatable bonds is 2. The minimum absolute atomic E-state index is 0.198. The summed E-state index contributed by atoms with van der Waals surface area (Å²) >= 11 is 0. The summed E-state index contributed by atoms with van der Waals surface area (Å²) in [5, 5.41) is 0. The van der Waals surface area contributed by atoms with E-state index in [2.05, 4.69) is 0 Å². The molecule has 0 bridgehead atoms. The van der Waals surface area contributed by atoms with Crippen molar-refractivity contribution in [3.8, 4) is 5.75 Å². The molecule has 0 saturated heterocycles. The Labute approximate surface area is 71.9 Å². The Balaban J connectivity index is 3.18. The normalized spacial score (nSPS) is 10.2. The first kappa shape index (κ1) is 8.86. The highest BCUT2D eigenvalue weighted by atomic mass is 32.2. The van der Waals surface area contributed by atoms with Crippen LogP contribution in [-0.2, 0) is 10.7 Å². The van der Waals surface area contributed by atoms with Crippen molar-refractivity contribution in [3.63, 3.8) is 0 Å². The maximum absolute atomic E-state index is 10.5. The van der Waals surface area contributed by atoms with E-state index < -0.39 is 10.7 Å². The van der Waals surface area contributed by atoms with Gasteiger partial charge in [0.2, 0.25) is 0 Å². The van der Waals surface area contributed by atoms with Gasteiger partial charge in [-0.05, 0) is 18.2 Å². The van der Waals surface area contributed by atoms with E-state index >= 15 is 0 Å². The SMILES string of the molecule is COc1ccc([SH](=O)=O)cc1N. The average molecular weight is 187 g/mol. The summed E-state index contributed by atoms with van der Waals surface area (Å²) in [5.74, 6) is 0.482. The smallest absolute Gasteiger partial charge is 0.168 e. The number of hydrogen-bond acceptors (Lipinski definition) is 4. The van der Waals surface area contributed by atoms with Crippen molar-refractivity contribution in [1.29, 1.82) is 0 Å². The van der Waals surface area contributed by atoms with Crippen molar-refractivity contribution in [3.05, 3.63) is 18.2 Å². The first-order valence-electron chi connectivity index (χ1n) is 3.23. The molecular weight excluding hydrogens is 178 g/mol. The van der Waals surface area contributed by atoms with Crippen molar-refractivity contribution in [2.24, 2.45) is 0 Å². The van der Waals surface area contributed by atoms with Crippen LogP contribution in [-0.4, -0.2) is 15.5 Å². The summed E-state index contributed by atoms with van der Waals surface area (Å²) in [6.45, 7) is 0. The molecule has 2 N–H and O–H groups in total. The average Bonchev–Trinajstić information content (AvgIpc) is 2.04. The van der Waals surface area contributed by atoms with Crippen LogP contribution in [0.3, 0.4) is 0 Å². The van der Waals surface area contributed by atoms with Gasteiger partial charge in [0.25, 0.3) is 0 Å². The van der Waals surface area contributed by atoms with Crippen LogP contribution in [0.1, 0.15) is 0 Å². The molecular formula is C7H9NO3S. The highest BCUT2D eigenvalue weighted by Crippen LogP contribution is 2.22. The van der Waals surface area contributed by atoms with Crippen LogP contribution in [0, 0.1) is 0 Å². The lowest BCUT2D eigenvalue weighted by Gasteiger charge is -2.02. The van der Waals surface area contributed by atoms with Crippen molar-refractivity contribution in [2.75, 3.05) is 12.8 Å². The van der Waals surface area contributed by atoms with Crippen molar-refractivity contribution in [2.45, 2.75) is 4.90 Å². The van der Waals surface area contributed by atoms with Gasteiger partial charge in [-0.1, -0.05) is 0 Å². The van der Waals surface area contributed by atoms with Gasteiger partial charge in [-0.25, -0.2) is 8.42 Å². The third-order valence-corrected chi connectivity index (χ3v) is 2.12.